The van der Waals surface area contributed by atoms with Crippen LogP contribution in [0.2, 0.25) is 0 Å². The summed E-state index contributed by atoms with van der Waals surface area (Å²) in [5, 5.41) is 2.65. The molecule has 6 heteroatoms. The summed E-state index contributed by atoms with van der Waals surface area (Å²) in [5.41, 5.74) is 0.999. The van der Waals surface area contributed by atoms with Gasteiger partial charge in [-0.05, 0) is 26.0 Å². The van der Waals surface area contributed by atoms with Gasteiger partial charge >= 0.3 is 0 Å². The summed E-state index contributed by atoms with van der Waals surface area (Å²) in [6, 6.07) is 5.99. The van der Waals surface area contributed by atoms with Gasteiger partial charge in [0.2, 0.25) is 15.9 Å². The van der Waals surface area contributed by atoms with Gasteiger partial charge in [0.25, 0.3) is 0 Å². The summed E-state index contributed by atoms with van der Waals surface area (Å²) >= 11 is 0. The van der Waals surface area contributed by atoms with E-state index in [1.54, 1.807) is 31.2 Å². The minimum absolute atomic E-state index is 0.231. The Bertz CT molecular complexity index is 551. The Morgan fingerprint density at radius 3 is 2.50 bits per heavy atom. The molecule has 1 aliphatic heterocycles. The van der Waals surface area contributed by atoms with Gasteiger partial charge in [-0.25, -0.2) is 8.42 Å². The minimum atomic E-state index is -3.59. The van der Waals surface area contributed by atoms with Crippen LogP contribution in [0.1, 0.15) is 12.5 Å². The number of sulfonamides is 1. The monoisotopic (exact) mass is 268 g/mol. The number of carbonyl (C=O) groups excluding carboxylic acids is 1. The van der Waals surface area contributed by atoms with E-state index < -0.39 is 16.1 Å². The molecular weight excluding hydrogens is 252 g/mol. The molecule has 1 amide bonds. The molecule has 18 heavy (non-hydrogen) atoms. The van der Waals surface area contributed by atoms with Gasteiger partial charge in [0.15, 0.2) is 0 Å². The predicted molar refractivity (Wildman–Crippen MR) is 67.5 cm³/mol. The molecule has 0 aliphatic carbocycles. The van der Waals surface area contributed by atoms with E-state index in [9.17, 15) is 13.2 Å². The molecule has 0 radical (unpaired) electrons. The Morgan fingerprint density at radius 1 is 1.28 bits per heavy atom. The van der Waals surface area contributed by atoms with Gasteiger partial charge in [-0.1, -0.05) is 17.7 Å². The molecule has 0 bridgehead atoms. The summed E-state index contributed by atoms with van der Waals surface area (Å²) in [4.78, 5) is 11.8. The highest BCUT2D eigenvalue weighted by Gasteiger charge is 2.35. The third-order valence-corrected chi connectivity index (χ3v) is 5.05. The van der Waals surface area contributed by atoms with Crippen molar-refractivity contribution in [1.29, 1.82) is 0 Å². The van der Waals surface area contributed by atoms with Crippen LogP contribution in [0.15, 0.2) is 29.2 Å². The Kier molecular flexibility index (Phi) is 3.41. The number of piperazine rings is 1. The second-order valence-corrected chi connectivity index (χ2v) is 6.29. The first-order valence-electron chi connectivity index (χ1n) is 5.79. The number of aryl methyl sites for hydroxylation is 1. The lowest BCUT2D eigenvalue weighted by Crippen LogP contribution is -2.55. The highest BCUT2D eigenvalue weighted by molar-refractivity contribution is 7.89. The molecular formula is C12H16N2O3S. The van der Waals surface area contributed by atoms with Crippen molar-refractivity contribution in [2.75, 3.05) is 13.1 Å². The van der Waals surface area contributed by atoms with E-state index in [-0.39, 0.29) is 10.8 Å². The first-order valence-corrected chi connectivity index (χ1v) is 7.23. The number of nitrogens with zero attached hydrogens (tertiary/aromatic N) is 1. The third kappa shape index (κ3) is 2.26. The number of hydrogen-bond donors (Lipinski definition) is 1. The zero-order chi connectivity index (χ0) is 13.3. The van der Waals surface area contributed by atoms with Crippen LogP contribution in [0.4, 0.5) is 0 Å². The van der Waals surface area contributed by atoms with E-state index in [1.807, 2.05) is 6.92 Å². The van der Waals surface area contributed by atoms with Crippen molar-refractivity contribution >= 4 is 15.9 Å². The van der Waals surface area contributed by atoms with Crippen molar-refractivity contribution in [1.82, 2.24) is 9.62 Å². The Morgan fingerprint density at radius 2 is 1.89 bits per heavy atom. The Labute approximate surface area is 107 Å². The predicted octanol–water partition coefficient (Wildman–Crippen LogP) is 0.504. The molecule has 0 unspecified atom stereocenters. The molecule has 5 nitrogen and oxygen atoms in total. The van der Waals surface area contributed by atoms with Crippen LogP contribution in [0, 0.1) is 6.92 Å². The first-order chi connectivity index (χ1) is 8.43. The lowest BCUT2D eigenvalue weighted by Gasteiger charge is -2.31. The van der Waals surface area contributed by atoms with Crippen molar-refractivity contribution in [3.05, 3.63) is 29.8 Å². The fraction of sp³-hybridized carbons (Fsp3) is 0.417. The normalized spacial score (nSPS) is 21.7. The van der Waals surface area contributed by atoms with Gasteiger partial charge in [-0.15, -0.1) is 0 Å². The maximum Gasteiger partial charge on any atom is 0.243 e. The van der Waals surface area contributed by atoms with E-state index in [4.69, 9.17) is 0 Å². The van der Waals surface area contributed by atoms with Crippen molar-refractivity contribution in [3.63, 3.8) is 0 Å². The maximum absolute atomic E-state index is 12.4. The lowest BCUT2D eigenvalue weighted by atomic mass is 10.2. The first kappa shape index (κ1) is 13.0. The Balaban J connectivity index is 2.36. The molecule has 1 atom stereocenters. The molecule has 1 heterocycles. The average Bonchev–Trinajstić information content (AvgIpc) is 2.33. The summed E-state index contributed by atoms with van der Waals surface area (Å²) in [6.07, 6.45) is 0. The molecule has 1 aliphatic rings. The molecule has 1 fully saturated rings. The van der Waals surface area contributed by atoms with Crippen LogP contribution in [-0.2, 0) is 14.8 Å². The van der Waals surface area contributed by atoms with Crippen LogP contribution >= 0.6 is 0 Å². The highest BCUT2D eigenvalue weighted by atomic mass is 32.2. The topological polar surface area (TPSA) is 66.5 Å². The number of hydrogen-bond acceptors (Lipinski definition) is 3. The molecule has 1 aromatic carbocycles. The molecule has 1 aromatic rings. The minimum Gasteiger partial charge on any atom is -0.353 e. The maximum atomic E-state index is 12.4. The zero-order valence-corrected chi connectivity index (χ0v) is 11.2. The summed E-state index contributed by atoms with van der Waals surface area (Å²) < 4.78 is 26.0. The van der Waals surface area contributed by atoms with Crippen LogP contribution in [0.25, 0.3) is 0 Å². The highest BCUT2D eigenvalue weighted by Crippen LogP contribution is 2.19. The SMILES string of the molecule is Cc1ccc(S(=O)(=O)N2CCNC(=O)[C@H]2C)cc1. The second-order valence-electron chi connectivity index (χ2n) is 4.40. The van der Waals surface area contributed by atoms with Gasteiger partial charge in [0.05, 0.1) is 4.90 Å². The second kappa shape index (κ2) is 4.70. The van der Waals surface area contributed by atoms with E-state index in [1.165, 1.54) is 4.31 Å². The Hall–Kier alpha value is -1.40. The summed E-state index contributed by atoms with van der Waals surface area (Å²) in [7, 11) is -3.59. The molecule has 0 aromatic heterocycles. The number of amides is 1. The van der Waals surface area contributed by atoms with Crippen LogP contribution in [0.5, 0.6) is 0 Å². The van der Waals surface area contributed by atoms with Crippen molar-refractivity contribution in [3.8, 4) is 0 Å². The molecule has 1 saturated heterocycles. The standard InChI is InChI=1S/C12H16N2O3S/c1-9-3-5-11(6-4-9)18(16,17)14-8-7-13-12(15)10(14)2/h3-6,10H,7-8H2,1-2H3,(H,13,15)/t10-/m1/s1. The van der Waals surface area contributed by atoms with Crippen LogP contribution in [-0.4, -0.2) is 37.8 Å². The number of rotatable bonds is 2. The van der Waals surface area contributed by atoms with Gasteiger partial charge < -0.3 is 5.32 Å². The van der Waals surface area contributed by atoms with Crippen LogP contribution < -0.4 is 5.32 Å². The molecule has 0 spiro atoms. The van der Waals surface area contributed by atoms with Gasteiger partial charge in [0.1, 0.15) is 6.04 Å². The average molecular weight is 268 g/mol. The van der Waals surface area contributed by atoms with E-state index in [0.29, 0.717) is 13.1 Å². The number of benzene rings is 1. The van der Waals surface area contributed by atoms with E-state index in [0.717, 1.165) is 5.56 Å². The number of carbonyl (C=O) groups is 1. The van der Waals surface area contributed by atoms with Crippen molar-refractivity contribution < 1.29 is 13.2 Å². The smallest absolute Gasteiger partial charge is 0.243 e. The molecule has 2 rings (SSSR count). The van der Waals surface area contributed by atoms with Crippen molar-refractivity contribution in [2.45, 2.75) is 24.8 Å². The van der Waals surface area contributed by atoms with E-state index >= 15 is 0 Å². The van der Waals surface area contributed by atoms with Gasteiger partial charge in [-0.2, -0.15) is 4.31 Å². The van der Waals surface area contributed by atoms with Gasteiger partial charge in [-0.3, -0.25) is 4.79 Å². The number of nitrogens with one attached hydrogen (secondary N) is 1. The molecule has 0 saturated carbocycles. The fourth-order valence-corrected chi connectivity index (χ4v) is 3.53. The van der Waals surface area contributed by atoms with E-state index in [2.05, 4.69) is 5.32 Å². The quantitative estimate of drug-likeness (QED) is 0.849. The summed E-state index contributed by atoms with van der Waals surface area (Å²) in [6.45, 7) is 4.16. The third-order valence-electron chi connectivity index (χ3n) is 3.07. The zero-order valence-electron chi connectivity index (χ0n) is 10.4. The fourth-order valence-electron chi connectivity index (χ4n) is 1.94. The molecule has 98 valence electrons. The van der Waals surface area contributed by atoms with Crippen LogP contribution in [0.3, 0.4) is 0 Å². The van der Waals surface area contributed by atoms with Gasteiger partial charge in [0, 0.05) is 13.1 Å². The summed E-state index contributed by atoms with van der Waals surface area (Å²) in [5.74, 6) is -0.253. The largest absolute Gasteiger partial charge is 0.353 e. The van der Waals surface area contributed by atoms with Crippen molar-refractivity contribution in [2.24, 2.45) is 0 Å². The lowest BCUT2D eigenvalue weighted by molar-refractivity contribution is -0.126. The molecule has 1 N–H and O–H groups in total.